The molecular weight excluding hydrogens is 523 g/mol. The van der Waals surface area contributed by atoms with Crippen LogP contribution in [0, 0.1) is 0 Å². The van der Waals surface area contributed by atoms with Gasteiger partial charge in [0.25, 0.3) is 11.8 Å². The number of aliphatic imine (C=N–C) groups is 1. The van der Waals surface area contributed by atoms with Crippen LogP contribution in [-0.2, 0) is 6.54 Å². The molecule has 2 heterocycles. The zero-order valence-corrected chi connectivity index (χ0v) is 20.3. The topological polar surface area (TPSA) is 65.0 Å². The Kier molecular flexibility index (Phi) is 8.91. The Hall–Kier alpha value is -1.65. The van der Waals surface area contributed by atoms with E-state index in [1.165, 1.54) is 9.78 Å². The van der Waals surface area contributed by atoms with Gasteiger partial charge in [0.2, 0.25) is 0 Å². The number of halogens is 2. The van der Waals surface area contributed by atoms with Gasteiger partial charge in [0, 0.05) is 32.1 Å². The molecule has 1 N–H and O–H groups in total. The quantitative estimate of drug-likeness (QED) is 0.187. The third-order valence-corrected chi connectivity index (χ3v) is 5.78. The number of rotatable bonds is 7. The monoisotopic (exact) mass is 546 g/mol. The lowest BCUT2D eigenvalue weighted by Gasteiger charge is -2.21. The summed E-state index contributed by atoms with van der Waals surface area (Å²) in [6.07, 6.45) is 1.56. The molecule has 3 rings (SSSR count). The number of benzene rings is 1. The van der Waals surface area contributed by atoms with E-state index in [0.717, 1.165) is 29.7 Å². The van der Waals surface area contributed by atoms with Gasteiger partial charge in [-0.1, -0.05) is 23.7 Å². The van der Waals surface area contributed by atoms with Crippen LogP contribution in [0.3, 0.4) is 0 Å². The van der Waals surface area contributed by atoms with E-state index in [-0.39, 0.29) is 35.8 Å². The van der Waals surface area contributed by atoms with Crippen molar-refractivity contribution in [3.63, 3.8) is 0 Å². The molecule has 1 aromatic carbocycles. The lowest BCUT2D eigenvalue weighted by Crippen LogP contribution is -2.39. The summed E-state index contributed by atoms with van der Waals surface area (Å²) in [5, 5.41) is 3.32. The van der Waals surface area contributed by atoms with E-state index in [2.05, 4.69) is 10.3 Å². The van der Waals surface area contributed by atoms with Crippen LogP contribution in [0.1, 0.15) is 38.4 Å². The van der Waals surface area contributed by atoms with Crippen LogP contribution in [0.2, 0.25) is 4.34 Å². The zero-order chi connectivity index (χ0) is 20.1. The van der Waals surface area contributed by atoms with Gasteiger partial charge in [-0.3, -0.25) is 19.5 Å². The maximum atomic E-state index is 12.3. The molecule has 0 spiro atoms. The molecule has 0 fully saturated rings. The normalized spacial score (nSPS) is 13.3. The first kappa shape index (κ1) is 23.6. The van der Waals surface area contributed by atoms with E-state index in [1.807, 2.05) is 24.1 Å². The van der Waals surface area contributed by atoms with Crippen molar-refractivity contribution in [2.24, 2.45) is 4.99 Å². The molecular formula is C20H24ClIN4O2S. The van der Waals surface area contributed by atoms with Gasteiger partial charge in [0.1, 0.15) is 0 Å². The van der Waals surface area contributed by atoms with Crippen molar-refractivity contribution >= 4 is 64.7 Å². The Morgan fingerprint density at radius 2 is 1.79 bits per heavy atom. The predicted octanol–water partition coefficient (Wildman–Crippen LogP) is 4.10. The van der Waals surface area contributed by atoms with Crippen LogP contribution in [-0.4, -0.2) is 54.8 Å². The van der Waals surface area contributed by atoms with Crippen LogP contribution in [0.25, 0.3) is 0 Å². The molecule has 1 aromatic heterocycles. The molecule has 0 radical (unpaired) electrons. The first-order chi connectivity index (χ1) is 13.5. The Morgan fingerprint density at radius 1 is 1.14 bits per heavy atom. The molecule has 29 heavy (non-hydrogen) atoms. The van der Waals surface area contributed by atoms with Gasteiger partial charge in [0.05, 0.1) is 22.0 Å². The number of nitrogens with zero attached hydrogens (tertiary/aromatic N) is 3. The molecule has 2 amide bonds. The largest absolute Gasteiger partial charge is 0.356 e. The fourth-order valence-corrected chi connectivity index (χ4v) is 4.31. The highest BCUT2D eigenvalue weighted by molar-refractivity contribution is 14.0. The summed E-state index contributed by atoms with van der Waals surface area (Å²) >= 11 is 7.54. The first-order valence-electron chi connectivity index (χ1n) is 9.12. The molecule has 6 nitrogen and oxygen atoms in total. The molecule has 0 bridgehead atoms. The Morgan fingerprint density at radius 3 is 2.34 bits per heavy atom. The van der Waals surface area contributed by atoms with Crippen molar-refractivity contribution in [2.45, 2.75) is 19.4 Å². The van der Waals surface area contributed by atoms with Gasteiger partial charge < -0.3 is 10.2 Å². The van der Waals surface area contributed by atoms with E-state index in [1.54, 1.807) is 42.6 Å². The highest BCUT2D eigenvalue weighted by atomic mass is 127. The molecule has 2 aromatic rings. The lowest BCUT2D eigenvalue weighted by atomic mass is 10.1. The maximum absolute atomic E-state index is 12.3. The van der Waals surface area contributed by atoms with Crippen molar-refractivity contribution in [3.8, 4) is 0 Å². The van der Waals surface area contributed by atoms with Crippen LogP contribution < -0.4 is 5.32 Å². The summed E-state index contributed by atoms with van der Waals surface area (Å²) in [6, 6.07) is 10.9. The number of carbonyl (C=O) groups is 2. The van der Waals surface area contributed by atoms with E-state index < -0.39 is 0 Å². The van der Waals surface area contributed by atoms with Gasteiger partial charge in [0.15, 0.2) is 5.96 Å². The van der Waals surface area contributed by atoms with Gasteiger partial charge in [-0.05, 0) is 37.1 Å². The fourth-order valence-electron chi connectivity index (χ4n) is 3.17. The second kappa shape index (κ2) is 10.9. The van der Waals surface area contributed by atoms with E-state index >= 15 is 0 Å². The summed E-state index contributed by atoms with van der Waals surface area (Å²) in [6.45, 7) is 1.87. The van der Waals surface area contributed by atoms with Crippen molar-refractivity contribution in [1.29, 1.82) is 0 Å². The zero-order valence-electron chi connectivity index (χ0n) is 16.4. The van der Waals surface area contributed by atoms with E-state index in [4.69, 9.17) is 11.6 Å². The van der Waals surface area contributed by atoms with Gasteiger partial charge >= 0.3 is 0 Å². The number of unbranched alkanes of at least 4 members (excludes halogenated alkanes) is 1. The number of carbonyl (C=O) groups excluding carboxylic acids is 2. The molecule has 0 saturated carbocycles. The summed E-state index contributed by atoms with van der Waals surface area (Å²) in [4.78, 5) is 33.5. The third-order valence-electron chi connectivity index (χ3n) is 4.57. The number of hydrogen-bond acceptors (Lipinski definition) is 4. The molecule has 1 aliphatic rings. The molecule has 0 saturated heterocycles. The van der Waals surface area contributed by atoms with Crippen molar-refractivity contribution < 1.29 is 9.59 Å². The number of hydrogen-bond donors (Lipinski definition) is 1. The summed E-state index contributed by atoms with van der Waals surface area (Å²) in [5.41, 5.74) is 1.00. The first-order valence-corrected chi connectivity index (χ1v) is 10.3. The second-order valence-corrected chi connectivity index (χ2v) is 8.35. The lowest BCUT2D eigenvalue weighted by molar-refractivity contribution is 0.0652. The predicted molar refractivity (Wildman–Crippen MR) is 129 cm³/mol. The van der Waals surface area contributed by atoms with E-state index in [9.17, 15) is 9.59 Å². The minimum atomic E-state index is -0.196. The molecule has 0 unspecified atom stereocenters. The van der Waals surface area contributed by atoms with Crippen LogP contribution in [0.5, 0.6) is 0 Å². The average Bonchev–Trinajstić information content (AvgIpc) is 3.20. The molecule has 9 heteroatoms. The van der Waals surface area contributed by atoms with Crippen LogP contribution in [0.15, 0.2) is 41.4 Å². The molecule has 1 aliphatic heterocycles. The van der Waals surface area contributed by atoms with Crippen molar-refractivity contribution in [2.75, 3.05) is 27.2 Å². The highest BCUT2D eigenvalue weighted by Gasteiger charge is 2.34. The number of nitrogens with one attached hydrogen (secondary N) is 1. The summed E-state index contributed by atoms with van der Waals surface area (Å²) in [7, 11) is 3.72. The highest BCUT2D eigenvalue weighted by Crippen LogP contribution is 2.23. The van der Waals surface area contributed by atoms with E-state index in [0.29, 0.717) is 24.2 Å². The number of fused-ring (bicyclic) bond motifs is 1. The standard InChI is InChI=1S/C20H23ClN4O2S.HI/c1-22-20(24(2)13-14-9-10-17(21)28-14)23-11-5-6-12-25-18(26)15-7-3-4-8-16(15)19(25)27;/h3-4,7-10H,5-6,11-13H2,1-2H3,(H,22,23);1H. The average molecular weight is 547 g/mol. The van der Waals surface area contributed by atoms with Gasteiger partial charge in [-0.2, -0.15) is 0 Å². The van der Waals surface area contributed by atoms with Crippen molar-refractivity contribution in [1.82, 2.24) is 15.1 Å². The molecule has 156 valence electrons. The number of thiophene rings is 1. The third kappa shape index (κ3) is 5.70. The number of amides is 2. The Bertz CT molecular complexity index is 867. The fraction of sp³-hybridized carbons (Fsp3) is 0.350. The maximum Gasteiger partial charge on any atom is 0.261 e. The van der Waals surface area contributed by atoms with Crippen LogP contribution in [0.4, 0.5) is 0 Å². The smallest absolute Gasteiger partial charge is 0.261 e. The van der Waals surface area contributed by atoms with Crippen molar-refractivity contribution in [3.05, 3.63) is 56.7 Å². The number of guanidine groups is 1. The summed E-state index contributed by atoms with van der Waals surface area (Å²) in [5.74, 6) is 0.405. The second-order valence-electron chi connectivity index (χ2n) is 6.55. The minimum Gasteiger partial charge on any atom is -0.356 e. The molecule has 0 atom stereocenters. The summed E-state index contributed by atoms with van der Waals surface area (Å²) < 4.78 is 0.777. The van der Waals surface area contributed by atoms with Gasteiger partial charge in [-0.15, -0.1) is 35.3 Å². The SMILES string of the molecule is CN=C(NCCCCN1C(=O)c2ccccc2C1=O)N(C)Cc1ccc(Cl)s1.I. The molecule has 0 aliphatic carbocycles. The van der Waals surface area contributed by atoms with Crippen LogP contribution >= 0.6 is 46.9 Å². The van der Waals surface area contributed by atoms with Gasteiger partial charge in [-0.25, -0.2) is 0 Å². The minimum absolute atomic E-state index is 0. The Labute approximate surface area is 197 Å². The Balaban J connectivity index is 0.00000300. The number of imide groups is 1.